The van der Waals surface area contributed by atoms with E-state index in [2.05, 4.69) is 30.0 Å². The van der Waals surface area contributed by atoms with E-state index in [0.717, 1.165) is 13.0 Å². The number of aliphatic imine (C=N–C) groups is 1. The molecular weight excluding hydrogens is 184 g/mol. The van der Waals surface area contributed by atoms with Gasteiger partial charge in [0, 0.05) is 19.5 Å². The number of benzene rings is 1. The van der Waals surface area contributed by atoms with Gasteiger partial charge in [0.1, 0.15) is 5.84 Å². The molecule has 0 atom stereocenters. The molecule has 0 unspecified atom stereocenters. The molecule has 15 heavy (non-hydrogen) atoms. The van der Waals surface area contributed by atoms with Crippen LogP contribution in [0.1, 0.15) is 30.4 Å². The zero-order valence-electron chi connectivity index (χ0n) is 9.16. The van der Waals surface area contributed by atoms with Crippen LogP contribution in [0.15, 0.2) is 23.2 Å². The minimum absolute atomic E-state index is 1.06. The Morgan fingerprint density at radius 3 is 3.13 bits per heavy atom. The Morgan fingerprint density at radius 1 is 1.27 bits per heavy atom. The maximum atomic E-state index is 4.77. The molecule has 0 aromatic heterocycles. The maximum Gasteiger partial charge on any atom is 0.105 e. The molecule has 2 aliphatic rings. The monoisotopic (exact) mass is 200 g/mol. The van der Waals surface area contributed by atoms with Crippen LogP contribution in [0, 0.1) is 6.92 Å². The summed E-state index contributed by atoms with van der Waals surface area (Å²) in [7, 11) is 0. The Morgan fingerprint density at radius 2 is 2.20 bits per heavy atom. The summed E-state index contributed by atoms with van der Waals surface area (Å²) in [6.07, 6.45) is 3.78. The Bertz CT molecular complexity index is 421. The summed E-state index contributed by atoms with van der Waals surface area (Å²) in [5.41, 5.74) is 3.89. The molecule has 2 heteroatoms. The number of hydrogen-bond donors (Lipinski definition) is 0. The molecule has 0 N–H and O–H groups in total. The van der Waals surface area contributed by atoms with E-state index < -0.39 is 0 Å². The van der Waals surface area contributed by atoms with Gasteiger partial charge in [-0.15, -0.1) is 0 Å². The molecule has 0 spiro atoms. The molecule has 1 aromatic rings. The van der Waals surface area contributed by atoms with Crippen LogP contribution in [0.5, 0.6) is 0 Å². The average Bonchev–Trinajstić information content (AvgIpc) is 2.26. The topological polar surface area (TPSA) is 15.6 Å². The van der Waals surface area contributed by atoms with E-state index in [0.29, 0.717) is 0 Å². The molecule has 0 amide bonds. The minimum Gasteiger partial charge on any atom is -0.356 e. The third-order valence-corrected chi connectivity index (χ3v) is 3.29. The molecule has 1 aromatic carbocycles. The molecular formula is C13H16N2. The van der Waals surface area contributed by atoms with Gasteiger partial charge in [-0.25, -0.2) is 4.99 Å². The summed E-state index contributed by atoms with van der Waals surface area (Å²) >= 11 is 0. The number of nitrogens with zero attached hydrogens (tertiary/aromatic N) is 2. The molecule has 0 saturated carbocycles. The van der Waals surface area contributed by atoms with Crippen LogP contribution in [-0.4, -0.2) is 17.3 Å². The van der Waals surface area contributed by atoms with Gasteiger partial charge in [0.25, 0.3) is 0 Å². The standard InChI is InChI=1S/C13H16N2/c1-10-5-6-11-9-15-7-3-2-4-13(15)14-12(11)8-10/h5-6,8H,2-4,7,9H2,1H3. The Hall–Kier alpha value is -1.31. The molecule has 78 valence electrons. The number of amidine groups is 1. The van der Waals surface area contributed by atoms with Crippen LogP contribution in [-0.2, 0) is 6.54 Å². The van der Waals surface area contributed by atoms with Gasteiger partial charge in [-0.05, 0) is 37.0 Å². The number of hydrogen-bond acceptors (Lipinski definition) is 2. The van der Waals surface area contributed by atoms with Gasteiger partial charge in [0.15, 0.2) is 0 Å². The van der Waals surface area contributed by atoms with E-state index in [1.54, 1.807) is 0 Å². The van der Waals surface area contributed by atoms with Gasteiger partial charge in [-0.2, -0.15) is 0 Å². The number of fused-ring (bicyclic) bond motifs is 2. The third-order valence-electron chi connectivity index (χ3n) is 3.29. The van der Waals surface area contributed by atoms with Crippen molar-refractivity contribution in [2.75, 3.05) is 6.54 Å². The highest BCUT2D eigenvalue weighted by Crippen LogP contribution is 2.30. The fraction of sp³-hybridized carbons (Fsp3) is 0.462. The number of aryl methyl sites for hydroxylation is 1. The lowest BCUT2D eigenvalue weighted by atomic mass is 10.0. The van der Waals surface area contributed by atoms with E-state index in [9.17, 15) is 0 Å². The molecule has 3 rings (SSSR count). The van der Waals surface area contributed by atoms with Crippen molar-refractivity contribution in [3.05, 3.63) is 29.3 Å². The van der Waals surface area contributed by atoms with E-state index in [1.165, 1.54) is 42.0 Å². The molecule has 2 nitrogen and oxygen atoms in total. The normalized spacial score (nSPS) is 19.3. The van der Waals surface area contributed by atoms with Crippen molar-refractivity contribution in [1.82, 2.24) is 4.90 Å². The highest BCUT2D eigenvalue weighted by molar-refractivity contribution is 5.87. The average molecular weight is 200 g/mol. The smallest absolute Gasteiger partial charge is 0.105 e. The fourth-order valence-corrected chi connectivity index (χ4v) is 2.43. The number of piperidine rings is 1. The second kappa shape index (κ2) is 3.37. The van der Waals surface area contributed by atoms with Crippen molar-refractivity contribution >= 4 is 11.5 Å². The molecule has 1 fully saturated rings. The highest BCUT2D eigenvalue weighted by atomic mass is 15.2. The Labute approximate surface area is 90.6 Å². The van der Waals surface area contributed by atoms with Crippen LogP contribution in [0.3, 0.4) is 0 Å². The first-order valence-electron chi connectivity index (χ1n) is 5.75. The Balaban J connectivity index is 2.03. The van der Waals surface area contributed by atoms with Crippen LogP contribution < -0.4 is 0 Å². The summed E-state index contributed by atoms with van der Waals surface area (Å²) in [4.78, 5) is 7.20. The summed E-state index contributed by atoms with van der Waals surface area (Å²) < 4.78 is 0. The molecule has 2 aliphatic heterocycles. The van der Waals surface area contributed by atoms with Gasteiger partial charge in [-0.1, -0.05) is 12.1 Å². The van der Waals surface area contributed by atoms with Crippen LogP contribution in [0.2, 0.25) is 0 Å². The molecule has 1 saturated heterocycles. The van der Waals surface area contributed by atoms with Crippen molar-refractivity contribution in [2.45, 2.75) is 32.7 Å². The fourth-order valence-electron chi connectivity index (χ4n) is 2.43. The van der Waals surface area contributed by atoms with Crippen LogP contribution in [0.25, 0.3) is 0 Å². The van der Waals surface area contributed by atoms with E-state index in [-0.39, 0.29) is 0 Å². The maximum absolute atomic E-state index is 4.77. The second-order valence-electron chi connectivity index (χ2n) is 4.54. The van der Waals surface area contributed by atoms with Gasteiger partial charge in [0.2, 0.25) is 0 Å². The van der Waals surface area contributed by atoms with Crippen molar-refractivity contribution in [2.24, 2.45) is 4.99 Å². The van der Waals surface area contributed by atoms with Gasteiger partial charge in [0.05, 0.1) is 5.69 Å². The lowest BCUT2D eigenvalue weighted by Crippen LogP contribution is -2.36. The summed E-state index contributed by atoms with van der Waals surface area (Å²) in [5, 5.41) is 0. The lowest BCUT2D eigenvalue weighted by Gasteiger charge is -2.34. The van der Waals surface area contributed by atoms with Gasteiger partial charge < -0.3 is 4.90 Å². The van der Waals surface area contributed by atoms with E-state index in [1.807, 2.05) is 0 Å². The number of rotatable bonds is 0. The highest BCUT2D eigenvalue weighted by Gasteiger charge is 2.21. The van der Waals surface area contributed by atoms with Crippen LogP contribution in [0.4, 0.5) is 5.69 Å². The molecule has 0 bridgehead atoms. The predicted molar refractivity (Wildman–Crippen MR) is 62.5 cm³/mol. The summed E-state index contributed by atoms with van der Waals surface area (Å²) in [6.45, 7) is 4.38. The van der Waals surface area contributed by atoms with Crippen molar-refractivity contribution < 1.29 is 0 Å². The quantitative estimate of drug-likeness (QED) is 0.628. The van der Waals surface area contributed by atoms with Gasteiger partial charge >= 0.3 is 0 Å². The molecule has 0 aliphatic carbocycles. The lowest BCUT2D eigenvalue weighted by molar-refractivity contribution is 0.359. The third kappa shape index (κ3) is 1.54. The van der Waals surface area contributed by atoms with Crippen molar-refractivity contribution in [3.8, 4) is 0 Å². The van der Waals surface area contributed by atoms with E-state index in [4.69, 9.17) is 4.99 Å². The summed E-state index contributed by atoms with van der Waals surface area (Å²) in [6, 6.07) is 6.61. The first-order valence-corrected chi connectivity index (χ1v) is 5.75. The predicted octanol–water partition coefficient (Wildman–Crippen LogP) is 3.02. The molecule has 2 heterocycles. The Kier molecular flexibility index (Phi) is 2.01. The SMILES string of the molecule is Cc1ccc2c(c1)N=C1CCCCN1C2. The zero-order chi connectivity index (χ0) is 10.3. The molecule has 0 radical (unpaired) electrons. The van der Waals surface area contributed by atoms with Crippen LogP contribution >= 0.6 is 0 Å². The van der Waals surface area contributed by atoms with Crippen molar-refractivity contribution in [1.29, 1.82) is 0 Å². The zero-order valence-corrected chi connectivity index (χ0v) is 9.16. The van der Waals surface area contributed by atoms with E-state index >= 15 is 0 Å². The van der Waals surface area contributed by atoms with Gasteiger partial charge in [-0.3, -0.25) is 0 Å². The first-order chi connectivity index (χ1) is 7.33. The second-order valence-corrected chi connectivity index (χ2v) is 4.54. The van der Waals surface area contributed by atoms with Crippen molar-refractivity contribution in [3.63, 3.8) is 0 Å². The summed E-state index contributed by atoms with van der Waals surface area (Å²) in [5.74, 6) is 1.30. The largest absolute Gasteiger partial charge is 0.356 e. The first kappa shape index (κ1) is 8.96. The minimum atomic E-state index is 1.06.